The van der Waals surface area contributed by atoms with Crippen LogP contribution in [0, 0.1) is 5.92 Å². The van der Waals surface area contributed by atoms with Crippen LogP contribution in [0.3, 0.4) is 0 Å². The molecule has 0 atom stereocenters. The maximum absolute atomic E-state index is 10.6. The quantitative estimate of drug-likeness (QED) is 0.651. The molecular weight excluding hydrogens is 294 g/mol. The zero-order valence-electron chi connectivity index (χ0n) is 10.4. The number of amides is 2. The third-order valence-electron chi connectivity index (χ3n) is 2.20. The number of hydrogen-bond donors (Lipinski definition) is 2. The van der Waals surface area contributed by atoms with Gasteiger partial charge in [0.25, 0.3) is 0 Å². The lowest BCUT2D eigenvalue weighted by molar-refractivity contribution is 0.249. The molecule has 0 aliphatic heterocycles. The fraction of sp³-hybridized carbons (Fsp3) is 0.231. The lowest BCUT2D eigenvalue weighted by Crippen LogP contribution is -2.26. The Kier molecular flexibility index (Phi) is 5.58. The van der Waals surface area contributed by atoms with Crippen LogP contribution in [0.2, 0.25) is 0 Å². The number of urea groups is 1. The summed E-state index contributed by atoms with van der Waals surface area (Å²) in [6.07, 6.45) is 3.80. The number of carbonyl (C=O) groups excluding carboxylic acids is 1. The summed E-state index contributed by atoms with van der Waals surface area (Å²) < 4.78 is 1.03. The highest BCUT2D eigenvalue weighted by atomic mass is 79.9. The van der Waals surface area contributed by atoms with Crippen LogP contribution in [0.1, 0.15) is 19.4 Å². The monoisotopic (exact) mass is 309 g/mol. The van der Waals surface area contributed by atoms with Crippen LogP contribution < -0.4 is 11.2 Å². The van der Waals surface area contributed by atoms with Crippen LogP contribution in [-0.2, 0) is 0 Å². The first kappa shape index (κ1) is 14.4. The minimum absolute atomic E-state index is 0.198. The van der Waals surface area contributed by atoms with Gasteiger partial charge in [0.05, 0.1) is 5.71 Å². The van der Waals surface area contributed by atoms with Gasteiger partial charge in [0.15, 0.2) is 0 Å². The zero-order chi connectivity index (χ0) is 13.5. The predicted molar refractivity (Wildman–Crippen MR) is 78.2 cm³/mol. The Labute approximate surface area is 115 Å². The summed E-state index contributed by atoms with van der Waals surface area (Å²) in [5, 5.41) is 3.95. The molecule has 96 valence electrons. The zero-order valence-corrected chi connectivity index (χ0v) is 11.9. The molecule has 1 aromatic rings. The van der Waals surface area contributed by atoms with E-state index in [2.05, 4.69) is 26.5 Å². The molecule has 1 rings (SSSR count). The number of halogens is 1. The van der Waals surface area contributed by atoms with Crippen LogP contribution >= 0.6 is 15.9 Å². The standard InChI is InChI=1S/C13H16BrN3O/c1-9(2)12(16-17-13(15)18)8-5-10-3-6-11(14)7-4-10/h3-9H,1-2H3,(H3,15,17,18)/b8-5-,16-12+. The van der Waals surface area contributed by atoms with Gasteiger partial charge in [-0.3, -0.25) is 0 Å². The first-order valence-electron chi connectivity index (χ1n) is 5.55. The van der Waals surface area contributed by atoms with Crippen molar-refractivity contribution in [1.82, 2.24) is 5.43 Å². The van der Waals surface area contributed by atoms with Gasteiger partial charge in [-0.2, -0.15) is 5.10 Å². The summed E-state index contributed by atoms with van der Waals surface area (Å²) in [6, 6.07) is 7.24. The SMILES string of the molecule is CC(C)C(/C=C\c1ccc(Br)cc1)=N/NC(N)=O. The number of hydrogen-bond acceptors (Lipinski definition) is 2. The van der Waals surface area contributed by atoms with E-state index >= 15 is 0 Å². The fourth-order valence-electron chi connectivity index (χ4n) is 1.23. The number of carbonyl (C=O) groups is 1. The number of benzene rings is 1. The van der Waals surface area contributed by atoms with Gasteiger partial charge in [-0.25, -0.2) is 10.2 Å². The van der Waals surface area contributed by atoms with E-state index in [1.54, 1.807) is 0 Å². The maximum atomic E-state index is 10.6. The first-order valence-corrected chi connectivity index (χ1v) is 6.35. The van der Waals surface area contributed by atoms with E-state index in [1.165, 1.54) is 0 Å². The van der Waals surface area contributed by atoms with Crippen LogP contribution in [0.4, 0.5) is 4.79 Å². The van der Waals surface area contributed by atoms with Crippen LogP contribution in [0.15, 0.2) is 39.9 Å². The molecule has 0 fully saturated rings. The average Bonchev–Trinajstić information content (AvgIpc) is 2.30. The van der Waals surface area contributed by atoms with E-state index < -0.39 is 6.03 Å². The highest BCUT2D eigenvalue weighted by Crippen LogP contribution is 2.12. The van der Waals surface area contributed by atoms with E-state index in [9.17, 15) is 4.79 Å². The molecule has 0 saturated heterocycles. The molecule has 0 unspecified atom stereocenters. The Morgan fingerprint density at radius 1 is 1.39 bits per heavy atom. The van der Waals surface area contributed by atoms with Crippen molar-refractivity contribution in [3.63, 3.8) is 0 Å². The normalized spacial score (nSPS) is 12.1. The van der Waals surface area contributed by atoms with Crippen LogP contribution in [0.5, 0.6) is 0 Å². The van der Waals surface area contributed by atoms with Gasteiger partial charge in [-0.15, -0.1) is 0 Å². The molecule has 0 bridgehead atoms. The van der Waals surface area contributed by atoms with Crippen LogP contribution in [-0.4, -0.2) is 11.7 Å². The van der Waals surface area contributed by atoms with Crippen LogP contribution in [0.25, 0.3) is 6.08 Å². The molecule has 4 nitrogen and oxygen atoms in total. The maximum Gasteiger partial charge on any atom is 0.332 e. The minimum Gasteiger partial charge on any atom is -0.350 e. The smallest absolute Gasteiger partial charge is 0.332 e. The summed E-state index contributed by atoms with van der Waals surface area (Å²) in [7, 11) is 0. The molecular formula is C13H16BrN3O. The van der Waals surface area contributed by atoms with Gasteiger partial charge >= 0.3 is 6.03 Å². The lowest BCUT2D eigenvalue weighted by Gasteiger charge is -2.05. The molecule has 1 aromatic carbocycles. The van der Waals surface area contributed by atoms with Gasteiger partial charge in [-0.1, -0.05) is 48.0 Å². The second kappa shape index (κ2) is 6.96. The van der Waals surface area contributed by atoms with Crippen molar-refractivity contribution in [2.75, 3.05) is 0 Å². The van der Waals surface area contributed by atoms with E-state index in [4.69, 9.17) is 5.73 Å². The summed E-state index contributed by atoms with van der Waals surface area (Å²) >= 11 is 3.38. The lowest BCUT2D eigenvalue weighted by atomic mass is 10.1. The van der Waals surface area contributed by atoms with Crippen molar-refractivity contribution in [3.05, 3.63) is 40.4 Å². The molecule has 5 heteroatoms. The number of nitrogens with two attached hydrogens (primary N) is 1. The van der Waals surface area contributed by atoms with Crippen molar-refractivity contribution in [2.24, 2.45) is 16.8 Å². The van der Waals surface area contributed by atoms with Gasteiger partial charge in [0.2, 0.25) is 0 Å². The number of primary amides is 1. The number of nitrogens with zero attached hydrogens (tertiary/aromatic N) is 1. The van der Waals surface area contributed by atoms with E-state index in [0.29, 0.717) is 0 Å². The Morgan fingerprint density at radius 2 is 2.00 bits per heavy atom. The number of rotatable bonds is 4. The second-order valence-corrected chi connectivity index (χ2v) is 4.97. The van der Waals surface area contributed by atoms with E-state index in [0.717, 1.165) is 15.7 Å². The van der Waals surface area contributed by atoms with Gasteiger partial charge in [-0.05, 0) is 29.7 Å². The van der Waals surface area contributed by atoms with E-state index in [-0.39, 0.29) is 5.92 Å². The third-order valence-corrected chi connectivity index (χ3v) is 2.73. The summed E-state index contributed by atoms with van der Waals surface area (Å²) in [6.45, 7) is 3.99. The number of hydrazone groups is 1. The highest BCUT2D eigenvalue weighted by molar-refractivity contribution is 9.10. The topological polar surface area (TPSA) is 67.5 Å². The summed E-state index contributed by atoms with van der Waals surface area (Å²) in [5.74, 6) is 0.198. The van der Waals surface area contributed by atoms with E-state index in [1.807, 2.05) is 50.3 Å². The molecule has 0 heterocycles. The fourth-order valence-corrected chi connectivity index (χ4v) is 1.50. The predicted octanol–water partition coefficient (Wildman–Crippen LogP) is 3.14. The Hall–Kier alpha value is -1.62. The second-order valence-electron chi connectivity index (χ2n) is 4.05. The van der Waals surface area contributed by atoms with Gasteiger partial charge < -0.3 is 5.73 Å². The largest absolute Gasteiger partial charge is 0.350 e. The molecule has 3 N–H and O–H groups in total. The Balaban J connectivity index is 2.80. The summed E-state index contributed by atoms with van der Waals surface area (Å²) in [4.78, 5) is 10.6. The van der Waals surface area contributed by atoms with Crippen molar-refractivity contribution in [3.8, 4) is 0 Å². The molecule has 2 amide bonds. The Bertz CT molecular complexity index is 464. The van der Waals surface area contributed by atoms with Crippen molar-refractivity contribution < 1.29 is 4.79 Å². The molecule has 0 aromatic heterocycles. The highest BCUT2D eigenvalue weighted by Gasteiger charge is 2.01. The average molecular weight is 310 g/mol. The van der Waals surface area contributed by atoms with Crippen molar-refractivity contribution in [1.29, 1.82) is 0 Å². The molecule has 0 saturated carbocycles. The third kappa shape index (κ3) is 5.14. The molecule has 0 radical (unpaired) electrons. The minimum atomic E-state index is -0.662. The number of nitrogens with one attached hydrogen (secondary N) is 1. The Morgan fingerprint density at radius 3 is 2.50 bits per heavy atom. The molecule has 0 aliphatic rings. The van der Waals surface area contributed by atoms with Gasteiger partial charge in [0.1, 0.15) is 0 Å². The summed E-state index contributed by atoms with van der Waals surface area (Å²) in [5.41, 5.74) is 9.04. The molecule has 0 spiro atoms. The first-order chi connectivity index (χ1) is 8.49. The van der Waals surface area contributed by atoms with Crippen molar-refractivity contribution in [2.45, 2.75) is 13.8 Å². The number of allylic oxidation sites excluding steroid dienone is 1. The molecule has 0 aliphatic carbocycles. The van der Waals surface area contributed by atoms with Crippen molar-refractivity contribution >= 4 is 33.7 Å². The van der Waals surface area contributed by atoms with Gasteiger partial charge in [0, 0.05) is 4.47 Å². The molecule has 18 heavy (non-hydrogen) atoms.